The summed E-state index contributed by atoms with van der Waals surface area (Å²) >= 11 is 0. The van der Waals surface area contributed by atoms with Crippen molar-refractivity contribution in [2.24, 2.45) is 0 Å². The van der Waals surface area contributed by atoms with Crippen LogP contribution in [0.5, 0.6) is 11.5 Å². The Kier molecular flexibility index (Phi) is 19.1. The molecular weight excluding hydrogens is 1080 g/mol. The maximum Gasteiger partial charge on any atom is 0.305 e. The summed E-state index contributed by atoms with van der Waals surface area (Å²) in [5.41, 5.74) is 14.8. The molecule has 2 amide bonds. The third-order valence-corrected chi connectivity index (χ3v) is 16.6. The molecule has 0 saturated carbocycles. The van der Waals surface area contributed by atoms with Crippen molar-refractivity contribution < 1.29 is 42.8 Å². The van der Waals surface area contributed by atoms with Gasteiger partial charge >= 0.3 is 5.97 Å². The Balaban J connectivity index is 1.01. The van der Waals surface area contributed by atoms with Gasteiger partial charge in [0.15, 0.2) is 11.5 Å². The number of carbonyl (C=O) groups excluding carboxylic acids is 3. The van der Waals surface area contributed by atoms with Crippen LogP contribution in [0.3, 0.4) is 0 Å². The van der Waals surface area contributed by atoms with Crippen LogP contribution in [0.25, 0.3) is 44.2 Å². The lowest BCUT2D eigenvalue weighted by Crippen LogP contribution is -2.40. The van der Waals surface area contributed by atoms with E-state index in [0.717, 1.165) is 86.7 Å². The van der Waals surface area contributed by atoms with Crippen LogP contribution in [0.1, 0.15) is 175 Å². The second-order valence-electron chi connectivity index (χ2n) is 22.1. The van der Waals surface area contributed by atoms with Crippen LogP contribution in [0, 0.1) is 18.8 Å². The molecule has 7 heterocycles. The number of aromatic nitrogens is 6. The molecule has 3 aromatic heterocycles. The largest absolute Gasteiger partial charge is 0.487 e. The number of anilines is 2. The number of methoxy groups -OCH3 is 3. The van der Waals surface area contributed by atoms with E-state index in [1.165, 1.54) is 24.8 Å². The summed E-state index contributed by atoms with van der Waals surface area (Å²) in [6, 6.07) is 25.1. The minimum atomic E-state index is -0.469. The number of allylic oxidation sites excluding steroid dienone is 3. The van der Waals surface area contributed by atoms with Gasteiger partial charge in [-0.15, -0.1) is 0 Å². The van der Waals surface area contributed by atoms with Gasteiger partial charge in [-0.2, -0.15) is 0 Å². The highest BCUT2D eigenvalue weighted by Gasteiger charge is 2.41. The van der Waals surface area contributed by atoms with Crippen molar-refractivity contribution in [3.05, 3.63) is 153 Å². The van der Waals surface area contributed by atoms with Gasteiger partial charge in [0.25, 0.3) is 11.8 Å². The summed E-state index contributed by atoms with van der Waals surface area (Å²) in [6.07, 6.45) is 6.86. The second-order valence-corrected chi connectivity index (χ2v) is 22.1. The van der Waals surface area contributed by atoms with Gasteiger partial charge < -0.3 is 43.7 Å². The second kappa shape index (κ2) is 27.1. The highest BCUT2D eigenvalue weighted by Crippen LogP contribution is 2.46. The molecule has 4 aliphatic heterocycles. The van der Waals surface area contributed by atoms with Crippen molar-refractivity contribution in [1.29, 1.82) is 0 Å². The first-order valence-electron chi connectivity index (χ1n) is 29.8. The van der Waals surface area contributed by atoms with E-state index in [4.69, 9.17) is 38.4 Å². The summed E-state index contributed by atoms with van der Waals surface area (Å²) in [6.45, 7) is 16.7. The number of aryl methyl sites for hydroxylation is 1. The van der Waals surface area contributed by atoms with Crippen molar-refractivity contribution in [3.63, 3.8) is 0 Å². The van der Waals surface area contributed by atoms with Crippen LogP contribution in [0.15, 0.2) is 85.2 Å². The fourth-order valence-corrected chi connectivity index (χ4v) is 11.8. The Morgan fingerprint density at radius 3 is 2.19 bits per heavy atom. The first-order chi connectivity index (χ1) is 41.7. The molecule has 10 rings (SSSR count). The minimum Gasteiger partial charge on any atom is -0.487 e. The molecule has 2 unspecified atom stereocenters. The van der Waals surface area contributed by atoms with Crippen LogP contribution in [0.4, 0.5) is 11.5 Å². The topological polar surface area (TPSA) is 205 Å². The lowest BCUT2D eigenvalue weighted by molar-refractivity contribution is -0.140. The summed E-state index contributed by atoms with van der Waals surface area (Å²) in [5, 5.41) is 4.17. The van der Waals surface area contributed by atoms with Crippen LogP contribution in [0.2, 0.25) is 0 Å². The molecule has 17 heteroatoms. The minimum absolute atomic E-state index is 0.0336. The Morgan fingerprint density at radius 2 is 1.45 bits per heavy atom. The van der Waals surface area contributed by atoms with Gasteiger partial charge in [-0.1, -0.05) is 70.1 Å². The molecule has 3 aromatic carbocycles. The van der Waals surface area contributed by atoms with Gasteiger partial charge in [-0.3, -0.25) is 19.3 Å². The van der Waals surface area contributed by atoms with Crippen molar-refractivity contribution >= 4 is 73.5 Å². The molecule has 0 fully saturated rings. The third-order valence-electron chi connectivity index (χ3n) is 16.6. The number of benzene rings is 3. The molecule has 446 valence electrons. The van der Waals surface area contributed by atoms with E-state index < -0.39 is 11.8 Å². The molecule has 86 heavy (non-hydrogen) atoms. The number of ether oxygens (including phenoxy) is 6. The molecular formula is C69H76N8O9. The summed E-state index contributed by atoms with van der Waals surface area (Å²) in [5.74, 6) is 6.46. The monoisotopic (exact) mass is 1160 g/mol. The van der Waals surface area contributed by atoms with Crippen molar-refractivity contribution in [1.82, 2.24) is 34.8 Å². The quantitative estimate of drug-likeness (QED) is 0.0236. The summed E-state index contributed by atoms with van der Waals surface area (Å²) in [4.78, 5) is 72.1. The number of unbranched alkanes of at least 4 members (excludes halogenated alkanes) is 3. The van der Waals surface area contributed by atoms with E-state index in [9.17, 15) is 4.79 Å². The number of hydrogen-bond acceptors (Lipinski definition) is 14. The summed E-state index contributed by atoms with van der Waals surface area (Å²) in [7, 11) is 4.62. The number of esters is 1. The molecule has 3 N–H and O–H groups in total. The zero-order valence-corrected chi connectivity index (χ0v) is 50.9. The lowest BCUT2D eigenvalue weighted by atomic mass is 9.84. The van der Waals surface area contributed by atoms with E-state index in [-0.39, 0.29) is 36.9 Å². The molecule has 4 aliphatic rings. The number of aromatic amines is 2. The number of imide groups is 1. The standard InChI is InChI=1S/C69H76N8O9/c1-11-13-14-15-26-84-44(7)62-42(5)54-34-53-41(4)50(24-25-61(78)83-10)65(75-53)64-66-63(43(6)55(76-66)35-57-49(12-2)40(3)52(73-57)36-58(62)74-54)68(79)77(69(64)80)38-47-20-16-18-45(31-47)22-23-46-19-17-21-48(32-46)72-67-51-33-59(85-29-27-81-8)60(86-30-28-82-9)37-56(51)70-39-71-67/h16-21,31-37,39,41,44,50,75-76H,11-15,24-30,38H2,1-10H3,(H,70,71,72)/t41?,44?,50-/m0/s1. The fraction of sp³-hybridized carbons (Fsp3) is 0.377. The molecule has 0 saturated heterocycles. The number of nitrogens with one attached hydrogen (secondary N) is 3. The van der Waals surface area contributed by atoms with Gasteiger partial charge in [0.1, 0.15) is 25.4 Å². The number of rotatable bonds is 23. The van der Waals surface area contributed by atoms with E-state index in [1.807, 2.05) is 73.7 Å². The van der Waals surface area contributed by atoms with Gasteiger partial charge in [-0.25, -0.2) is 19.9 Å². The molecule has 0 aliphatic carbocycles. The van der Waals surface area contributed by atoms with Gasteiger partial charge in [0.2, 0.25) is 0 Å². The number of fused-ring (bicyclic) bond motifs is 9. The average molecular weight is 1160 g/mol. The first kappa shape index (κ1) is 60.4. The van der Waals surface area contributed by atoms with Crippen LogP contribution in [-0.2, 0) is 30.3 Å². The predicted octanol–water partition coefficient (Wildman–Crippen LogP) is 13.4. The van der Waals surface area contributed by atoms with Crippen molar-refractivity contribution in [3.8, 4) is 23.3 Å². The number of nitrogens with zero attached hydrogens (tertiary/aromatic N) is 5. The zero-order chi connectivity index (χ0) is 60.6. The SMILES string of the molecule is CCCCCCOC(C)C1=C(C)c2cc3[nH]c(c4c5[nH]c(cc6nc(cc1n2)C(C)=C6CC)c(C)c5C(=O)N(Cc1cccc(C#Cc2cccc(Nc5ncnc6cc(OCCOC)c(OCCOC)cc56)c2)c1)C4=O)[C@@H](CCC(=O)OC)C3C. The third kappa shape index (κ3) is 12.8. The molecule has 0 spiro atoms. The van der Waals surface area contributed by atoms with Crippen LogP contribution < -0.4 is 14.8 Å². The molecule has 6 aromatic rings. The number of H-pyrrole nitrogens is 2. The van der Waals surface area contributed by atoms with E-state index in [2.05, 4.69) is 90.8 Å². The number of hydrogen-bond donors (Lipinski definition) is 3. The Hall–Kier alpha value is -8.69. The maximum absolute atomic E-state index is 15.6. The smallest absolute Gasteiger partial charge is 0.305 e. The molecule has 17 nitrogen and oxygen atoms in total. The van der Waals surface area contributed by atoms with Crippen LogP contribution in [-0.4, -0.2) is 113 Å². The average Bonchev–Trinajstić information content (AvgIpc) is 1.58. The van der Waals surface area contributed by atoms with E-state index in [0.29, 0.717) is 113 Å². The lowest BCUT2D eigenvalue weighted by Gasteiger charge is -2.27. The zero-order valence-electron chi connectivity index (χ0n) is 50.9. The normalized spacial score (nSPS) is 15.4. The Morgan fingerprint density at radius 1 is 0.744 bits per heavy atom. The number of amides is 2. The predicted molar refractivity (Wildman–Crippen MR) is 335 cm³/mol. The van der Waals surface area contributed by atoms with Crippen molar-refractivity contribution in [2.75, 3.05) is 59.7 Å². The highest BCUT2D eigenvalue weighted by atomic mass is 16.5. The van der Waals surface area contributed by atoms with E-state index in [1.54, 1.807) is 14.2 Å². The highest BCUT2D eigenvalue weighted by molar-refractivity contribution is 6.23. The van der Waals surface area contributed by atoms with Crippen LogP contribution >= 0.6 is 0 Å². The molecule has 8 bridgehead atoms. The van der Waals surface area contributed by atoms with E-state index >= 15 is 9.59 Å². The Bertz CT molecular complexity index is 3940. The van der Waals surface area contributed by atoms with Gasteiger partial charge in [-0.05, 0) is 129 Å². The van der Waals surface area contributed by atoms with Crippen molar-refractivity contribution in [2.45, 2.75) is 118 Å². The number of carbonyl (C=O) groups is 3. The molecule has 3 atom stereocenters. The van der Waals surface area contributed by atoms with Gasteiger partial charge in [0.05, 0.1) is 77.9 Å². The summed E-state index contributed by atoms with van der Waals surface area (Å²) < 4.78 is 34.2. The maximum atomic E-state index is 15.6. The Labute approximate surface area is 502 Å². The van der Waals surface area contributed by atoms with Gasteiger partial charge in [0, 0.05) is 89.8 Å². The first-order valence-corrected chi connectivity index (χ1v) is 29.8. The fourth-order valence-electron chi connectivity index (χ4n) is 11.8. The molecule has 0 radical (unpaired) electrons.